The summed E-state index contributed by atoms with van der Waals surface area (Å²) in [5.41, 5.74) is 0.976. The number of rotatable bonds is 5. The first-order chi connectivity index (χ1) is 13.7. The van der Waals surface area contributed by atoms with Crippen molar-refractivity contribution < 1.29 is 19.1 Å². The van der Waals surface area contributed by atoms with Gasteiger partial charge in [0.25, 0.3) is 0 Å². The van der Waals surface area contributed by atoms with Crippen molar-refractivity contribution in [1.82, 2.24) is 10.6 Å². The van der Waals surface area contributed by atoms with E-state index >= 15 is 0 Å². The maximum atomic E-state index is 12.5. The van der Waals surface area contributed by atoms with Crippen LogP contribution in [0.4, 0.5) is 10.5 Å². The van der Waals surface area contributed by atoms with Crippen molar-refractivity contribution in [2.75, 3.05) is 25.7 Å². The van der Waals surface area contributed by atoms with Crippen LogP contribution in [0.2, 0.25) is 0 Å². The summed E-state index contributed by atoms with van der Waals surface area (Å²) in [5.74, 6) is 1.76. The maximum absolute atomic E-state index is 12.5. The van der Waals surface area contributed by atoms with Gasteiger partial charge in [-0.3, -0.25) is 4.79 Å². The van der Waals surface area contributed by atoms with Crippen molar-refractivity contribution in [3.63, 3.8) is 0 Å². The molecule has 1 heterocycles. The van der Waals surface area contributed by atoms with E-state index < -0.39 is 0 Å². The van der Waals surface area contributed by atoms with Crippen molar-refractivity contribution in [3.05, 3.63) is 18.2 Å². The highest BCUT2D eigenvalue weighted by Gasteiger charge is 2.35. The maximum Gasteiger partial charge on any atom is 0.315 e. The largest absolute Gasteiger partial charge is 0.493 e. The summed E-state index contributed by atoms with van der Waals surface area (Å²) >= 11 is 0. The quantitative estimate of drug-likeness (QED) is 0.790. The van der Waals surface area contributed by atoms with Crippen LogP contribution in [0.1, 0.15) is 46.5 Å². The van der Waals surface area contributed by atoms with Gasteiger partial charge in [-0.25, -0.2) is 4.79 Å². The zero-order chi connectivity index (χ0) is 21.2. The molecule has 2 fully saturated rings. The predicted molar refractivity (Wildman–Crippen MR) is 113 cm³/mol. The number of benzene rings is 1. The Morgan fingerprint density at radius 1 is 1.10 bits per heavy atom. The van der Waals surface area contributed by atoms with E-state index in [-0.39, 0.29) is 35.9 Å². The normalized spacial score (nSPS) is 26.2. The highest BCUT2D eigenvalue weighted by atomic mass is 16.5. The van der Waals surface area contributed by atoms with E-state index in [9.17, 15) is 9.59 Å². The highest BCUT2D eigenvalue weighted by Crippen LogP contribution is 2.38. The molecule has 7 heteroatoms. The average molecular weight is 404 g/mol. The number of urea groups is 1. The molecule has 1 aromatic carbocycles. The highest BCUT2D eigenvalue weighted by molar-refractivity contribution is 5.97. The first-order valence-electron chi connectivity index (χ1n) is 10.3. The number of amides is 3. The lowest BCUT2D eigenvalue weighted by Gasteiger charge is -2.39. The van der Waals surface area contributed by atoms with E-state index in [1.165, 1.54) is 6.42 Å². The number of nitrogens with one attached hydrogen (secondary N) is 2. The minimum absolute atomic E-state index is 0.0186. The Balaban J connectivity index is 1.58. The summed E-state index contributed by atoms with van der Waals surface area (Å²) in [6, 6.07) is 5.16. The molecule has 1 aliphatic heterocycles. The predicted octanol–water partition coefficient (Wildman–Crippen LogP) is 3.32. The lowest BCUT2D eigenvalue weighted by atomic mass is 9.71. The van der Waals surface area contributed by atoms with E-state index in [1.54, 1.807) is 31.3 Å². The Morgan fingerprint density at radius 3 is 2.45 bits per heavy atom. The average Bonchev–Trinajstić information content (AvgIpc) is 2.99. The van der Waals surface area contributed by atoms with Crippen LogP contribution in [0, 0.1) is 11.3 Å². The summed E-state index contributed by atoms with van der Waals surface area (Å²) in [5, 5.41) is 6.10. The lowest BCUT2D eigenvalue weighted by Crippen LogP contribution is -2.50. The molecule has 1 saturated heterocycles. The zero-order valence-electron chi connectivity index (χ0n) is 18.1. The van der Waals surface area contributed by atoms with Crippen molar-refractivity contribution >= 4 is 17.6 Å². The fraction of sp³-hybridized carbons (Fsp3) is 0.636. The van der Waals surface area contributed by atoms with Gasteiger partial charge in [-0.15, -0.1) is 0 Å². The van der Waals surface area contributed by atoms with E-state index in [0.29, 0.717) is 24.0 Å². The molecule has 1 saturated carbocycles. The Morgan fingerprint density at radius 2 is 1.79 bits per heavy atom. The van der Waals surface area contributed by atoms with Gasteiger partial charge < -0.3 is 25.0 Å². The Bertz CT molecular complexity index is 764. The monoisotopic (exact) mass is 403 g/mol. The van der Waals surface area contributed by atoms with Crippen molar-refractivity contribution in [2.45, 2.75) is 58.5 Å². The smallest absolute Gasteiger partial charge is 0.315 e. The number of carbonyl (C=O) groups is 2. The molecule has 0 spiro atoms. The second kappa shape index (κ2) is 8.51. The molecule has 160 valence electrons. The summed E-state index contributed by atoms with van der Waals surface area (Å²) in [7, 11) is 3.14. The molecule has 29 heavy (non-hydrogen) atoms. The fourth-order valence-electron chi connectivity index (χ4n) is 4.92. The van der Waals surface area contributed by atoms with Crippen LogP contribution in [0.3, 0.4) is 0 Å². The van der Waals surface area contributed by atoms with Gasteiger partial charge in [-0.1, -0.05) is 20.8 Å². The van der Waals surface area contributed by atoms with Gasteiger partial charge in [0.15, 0.2) is 11.5 Å². The Kier molecular flexibility index (Phi) is 6.24. The molecule has 0 radical (unpaired) electrons. The van der Waals surface area contributed by atoms with Gasteiger partial charge in [0.1, 0.15) is 0 Å². The number of hydrogen-bond donors (Lipinski definition) is 2. The van der Waals surface area contributed by atoms with Gasteiger partial charge >= 0.3 is 6.03 Å². The van der Waals surface area contributed by atoms with Crippen molar-refractivity contribution in [2.24, 2.45) is 11.3 Å². The first-order valence-corrected chi connectivity index (χ1v) is 10.3. The summed E-state index contributed by atoms with van der Waals surface area (Å²) in [4.78, 5) is 26.7. The second-order valence-electron chi connectivity index (χ2n) is 9.17. The van der Waals surface area contributed by atoms with Gasteiger partial charge in [0, 0.05) is 30.8 Å². The van der Waals surface area contributed by atoms with Gasteiger partial charge in [0.2, 0.25) is 5.91 Å². The van der Waals surface area contributed by atoms with Gasteiger partial charge in [-0.2, -0.15) is 0 Å². The van der Waals surface area contributed by atoms with Crippen molar-refractivity contribution in [1.29, 1.82) is 0 Å². The fourth-order valence-corrected chi connectivity index (χ4v) is 4.92. The molecule has 2 aliphatic rings. The van der Waals surface area contributed by atoms with Gasteiger partial charge in [-0.05, 0) is 42.7 Å². The first kappa shape index (κ1) is 21.3. The third-order valence-electron chi connectivity index (χ3n) is 5.86. The number of ether oxygens (including phenoxy) is 2. The lowest BCUT2D eigenvalue weighted by molar-refractivity contribution is -0.117. The molecule has 3 rings (SSSR count). The van der Waals surface area contributed by atoms with Crippen molar-refractivity contribution in [3.8, 4) is 11.5 Å². The summed E-state index contributed by atoms with van der Waals surface area (Å²) < 4.78 is 10.6. The van der Waals surface area contributed by atoms with Crippen LogP contribution in [-0.2, 0) is 4.79 Å². The van der Waals surface area contributed by atoms with E-state index in [2.05, 4.69) is 31.4 Å². The molecule has 0 unspecified atom stereocenters. The Labute approximate surface area is 173 Å². The third-order valence-corrected chi connectivity index (χ3v) is 5.86. The Hall–Kier alpha value is -2.44. The molecule has 0 aromatic heterocycles. The van der Waals surface area contributed by atoms with E-state index in [1.807, 2.05) is 6.07 Å². The number of carbonyl (C=O) groups excluding carboxylic acids is 2. The number of hydrogen-bond acceptors (Lipinski definition) is 4. The summed E-state index contributed by atoms with van der Waals surface area (Å²) in [6.07, 6.45) is 3.45. The van der Waals surface area contributed by atoms with Crippen LogP contribution >= 0.6 is 0 Å². The van der Waals surface area contributed by atoms with Crippen LogP contribution < -0.4 is 25.0 Å². The number of methoxy groups -OCH3 is 2. The van der Waals surface area contributed by atoms with E-state index in [0.717, 1.165) is 18.5 Å². The van der Waals surface area contributed by atoms with E-state index in [4.69, 9.17) is 9.47 Å². The minimum atomic E-state index is -0.218. The molecule has 3 amide bonds. The molecular formula is C22H33N3O4. The van der Waals surface area contributed by atoms with Crippen LogP contribution in [-0.4, -0.2) is 44.8 Å². The standard InChI is InChI=1S/C22H33N3O4/c1-14-8-15(12-22(2,3)11-14)23-21(27)24-16-9-20(26)25(13-16)17-6-7-18(28-4)19(10-17)29-5/h6-7,10,14-16H,8-9,11-13H2,1-5H3,(H2,23,24,27)/t14-,15-,16-/m1/s1. The zero-order valence-corrected chi connectivity index (χ0v) is 18.1. The van der Waals surface area contributed by atoms with Crippen LogP contribution in [0.15, 0.2) is 18.2 Å². The summed E-state index contributed by atoms with van der Waals surface area (Å²) in [6.45, 7) is 7.19. The molecule has 1 aromatic rings. The number of nitrogens with zero attached hydrogens (tertiary/aromatic N) is 1. The molecule has 1 aliphatic carbocycles. The second-order valence-corrected chi connectivity index (χ2v) is 9.17. The molecule has 0 bridgehead atoms. The van der Waals surface area contributed by atoms with Crippen LogP contribution in [0.25, 0.3) is 0 Å². The molecule has 2 N–H and O–H groups in total. The minimum Gasteiger partial charge on any atom is -0.493 e. The number of anilines is 1. The molecule has 3 atom stereocenters. The SMILES string of the molecule is COc1ccc(N2C[C@H](NC(=O)N[C@@H]3C[C@@H](C)CC(C)(C)C3)CC2=O)cc1OC. The third kappa shape index (κ3) is 5.14. The molecular weight excluding hydrogens is 370 g/mol. The van der Waals surface area contributed by atoms with Crippen LogP contribution in [0.5, 0.6) is 11.5 Å². The molecule has 7 nitrogen and oxygen atoms in total. The van der Waals surface area contributed by atoms with Gasteiger partial charge in [0.05, 0.1) is 20.3 Å². The topological polar surface area (TPSA) is 79.9 Å².